The Morgan fingerprint density at radius 2 is 2.33 bits per heavy atom. The van der Waals surface area contributed by atoms with Crippen molar-refractivity contribution in [1.82, 2.24) is 9.62 Å². The number of nitrogens with zero attached hydrogens (tertiary/aromatic N) is 1. The van der Waals surface area contributed by atoms with Gasteiger partial charge < -0.3 is 14.7 Å². The van der Waals surface area contributed by atoms with Gasteiger partial charge in [0.05, 0.1) is 17.6 Å². The number of aryl methyl sites for hydroxylation is 1. The van der Waals surface area contributed by atoms with Crippen molar-refractivity contribution in [3.05, 3.63) is 15.8 Å². The van der Waals surface area contributed by atoms with Gasteiger partial charge >= 0.3 is 5.97 Å². The van der Waals surface area contributed by atoms with Crippen LogP contribution in [0.2, 0.25) is 0 Å². The molecule has 21 heavy (non-hydrogen) atoms. The van der Waals surface area contributed by atoms with Gasteiger partial charge in [-0.25, -0.2) is 17.9 Å². The van der Waals surface area contributed by atoms with Crippen LogP contribution in [0.4, 0.5) is 0 Å². The first kappa shape index (κ1) is 16.4. The first-order chi connectivity index (χ1) is 9.79. The number of hydrogen-bond acceptors (Lipinski definition) is 6. The maximum atomic E-state index is 12.2. The lowest BCUT2D eigenvalue weighted by Crippen LogP contribution is -2.45. The van der Waals surface area contributed by atoms with Gasteiger partial charge in [0.1, 0.15) is 4.88 Å². The van der Waals surface area contributed by atoms with Crippen LogP contribution >= 0.6 is 11.3 Å². The van der Waals surface area contributed by atoms with Crippen LogP contribution in [-0.4, -0.2) is 63.8 Å². The van der Waals surface area contributed by atoms with Crippen molar-refractivity contribution in [2.75, 3.05) is 33.3 Å². The van der Waals surface area contributed by atoms with Gasteiger partial charge in [0, 0.05) is 24.5 Å². The van der Waals surface area contributed by atoms with E-state index in [0.29, 0.717) is 18.0 Å². The molecule has 2 rings (SSSR count). The molecule has 0 spiro atoms. The number of sulfonamides is 1. The van der Waals surface area contributed by atoms with Crippen LogP contribution < -0.4 is 4.72 Å². The van der Waals surface area contributed by atoms with Gasteiger partial charge in [-0.15, -0.1) is 11.3 Å². The molecule has 7 nitrogen and oxygen atoms in total. The first-order valence-electron chi connectivity index (χ1n) is 6.43. The second-order valence-electron chi connectivity index (χ2n) is 4.94. The summed E-state index contributed by atoms with van der Waals surface area (Å²) in [5, 5.41) is 8.92. The van der Waals surface area contributed by atoms with Crippen molar-refractivity contribution in [1.29, 1.82) is 0 Å². The molecule has 1 aromatic rings. The second-order valence-corrected chi connectivity index (χ2v) is 7.93. The van der Waals surface area contributed by atoms with E-state index in [0.717, 1.165) is 17.9 Å². The molecule has 2 N–H and O–H groups in total. The lowest BCUT2D eigenvalue weighted by atomic mass is 10.3. The zero-order chi connectivity index (χ0) is 15.6. The minimum absolute atomic E-state index is 0.0153. The molecule has 1 unspecified atom stereocenters. The molecule has 0 aromatic carbocycles. The summed E-state index contributed by atoms with van der Waals surface area (Å²) in [6.07, 6.45) is -0.198. The Balaban J connectivity index is 2.06. The molecule has 0 bridgehead atoms. The number of ether oxygens (including phenoxy) is 1. The highest BCUT2D eigenvalue weighted by molar-refractivity contribution is 7.89. The van der Waals surface area contributed by atoms with E-state index in [1.807, 2.05) is 7.05 Å². The van der Waals surface area contributed by atoms with Gasteiger partial charge in [-0.3, -0.25) is 0 Å². The Kier molecular flexibility index (Phi) is 4.99. The molecular formula is C12H18N2O5S2. The van der Waals surface area contributed by atoms with Crippen LogP contribution in [0.3, 0.4) is 0 Å². The van der Waals surface area contributed by atoms with Crippen molar-refractivity contribution < 1.29 is 23.1 Å². The molecule has 0 aliphatic carbocycles. The van der Waals surface area contributed by atoms with Gasteiger partial charge in [0.25, 0.3) is 0 Å². The molecule has 1 saturated heterocycles. The van der Waals surface area contributed by atoms with Crippen molar-refractivity contribution in [3.8, 4) is 0 Å². The zero-order valence-corrected chi connectivity index (χ0v) is 13.5. The van der Waals surface area contributed by atoms with Gasteiger partial charge in [0.15, 0.2) is 0 Å². The Morgan fingerprint density at radius 3 is 2.90 bits per heavy atom. The van der Waals surface area contributed by atoms with Crippen molar-refractivity contribution in [2.24, 2.45) is 0 Å². The predicted molar refractivity (Wildman–Crippen MR) is 78.4 cm³/mol. The molecule has 9 heteroatoms. The third-order valence-corrected chi connectivity index (χ3v) is 5.93. The molecule has 1 atom stereocenters. The predicted octanol–water partition coefficient (Wildman–Crippen LogP) is 0.364. The number of rotatable bonds is 5. The van der Waals surface area contributed by atoms with Crippen molar-refractivity contribution in [2.45, 2.75) is 17.9 Å². The quantitative estimate of drug-likeness (QED) is 0.807. The fourth-order valence-electron chi connectivity index (χ4n) is 2.11. The van der Waals surface area contributed by atoms with E-state index >= 15 is 0 Å². The normalized spacial score (nSPS) is 20.6. The van der Waals surface area contributed by atoms with Crippen molar-refractivity contribution in [3.63, 3.8) is 0 Å². The molecule has 0 saturated carbocycles. The molecule has 0 amide bonds. The fourth-order valence-corrected chi connectivity index (χ4v) is 4.60. The monoisotopic (exact) mass is 334 g/mol. The molecule has 1 aliphatic heterocycles. The summed E-state index contributed by atoms with van der Waals surface area (Å²) in [4.78, 5) is 13.5. The van der Waals surface area contributed by atoms with Crippen LogP contribution in [0.1, 0.15) is 14.5 Å². The van der Waals surface area contributed by atoms with Crippen LogP contribution in [0.5, 0.6) is 0 Å². The van der Waals surface area contributed by atoms with Gasteiger partial charge in [0.2, 0.25) is 10.0 Å². The summed E-state index contributed by atoms with van der Waals surface area (Å²) >= 11 is 0.953. The smallest absolute Gasteiger partial charge is 0.345 e. The largest absolute Gasteiger partial charge is 0.477 e. The van der Waals surface area contributed by atoms with E-state index in [1.54, 1.807) is 6.92 Å². The van der Waals surface area contributed by atoms with Crippen LogP contribution in [0.25, 0.3) is 0 Å². The molecule has 1 fully saturated rings. The summed E-state index contributed by atoms with van der Waals surface area (Å²) in [6, 6.07) is 1.19. The number of carboxylic acid groups (broad SMARTS) is 1. The summed E-state index contributed by atoms with van der Waals surface area (Å²) in [5.74, 6) is -1.12. The summed E-state index contributed by atoms with van der Waals surface area (Å²) < 4.78 is 32.5. The van der Waals surface area contributed by atoms with Crippen LogP contribution in [0, 0.1) is 6.92 Å². The minimum Gasteiger partial charge on any atom is -0.477 e. The van der Waals surface area contributed by atoms with E-state index in [4.69, 9.17) is 9.84 Å². The second kappa shape index (κ2) is 6.41. The van der Waals surface area contributed by atoms with E-state index in [-0.39, 0.29) is 22.4 Å². The summed E-state index contributed by atoms with van der Waals surface area (Å²) in [5.41, 5.74) is 0. The molecule has 0 radical (unpaired) electrons. The average Bonchev–Trinajstić information content (AvgIpc) is 2.80. The lowest BCUT2D eigenvalue weighted by Gasteiger charge is -2.30. The third-order valence-electron chi connectivity index (χ3n) is 3.22. The number of hydrogen-bond donors (Lipinski definition) is 2. The number of thiophene rings is 1. The number of likely N-dealkylation sites (N-methyl/N-ethyl adjacent to an activating group) is 1. The van der Waals surface area contributed by atoms with Crippen molar-refractivity contribution >= 4 is 27.3 Å². The van der Waals surface area contributed by atoms with Gasteiger partial charge in [-0.05, 0) is 20.0 Å². The Morgan fingerprint density at radius 1 is 1.62 bits per heavy atom. The van der Waals surface area contributed by atoms with E-state index in [9.17, 15) is 13.2 Å². The first-order valence-corrected chi connectivity index (χ1v) is 8.73. The molecule has 118 valence electrons. The number of aromatic carboxylic acids is 1. The average molecular weight is 334 g/mol. The maximum absolute atomic E-state index is 12.2. The van der Waals surface area contributed by atoms with E-state index in [1.165, 1.54) is 6.07 Å². The van der Waals surface area contributed by atoms with Crippen LogP contribution in [-0.2, 0) is 14.8 Å². The van der Waals surface area contributed by atoms with Crippen LogP contribution in [0.15, 0.2) is 11.0 Å². The number of carbonyl (C=O) groups is 1. The summed E-state index contributed by atoms with van der Waals surface area (Å²) in [6.45, 7) is 3.82. The lowest BCUT2D eigenvalue weighted by molar-refractivity contribution is -0.0156. The van der Waals surface area contributed by atoms with Gasteiger partial charge in [-0.2, -0.15) is 0 Å². The molecular weight excluding hydrogens is 316 g/mol. The zero-order valence-electron chi connectivity index (χ0n) is 11.8. The topological polar surface area (TPSA) is 95.9 Å². The molecule has 1 aliphatic rings. The Hall–Kier alpha value is -1.00. The molecule has 1 aromatic heterocycles. The number of morpholine rings is 1. The highest BCUT2D eigenvalue weighted by atomic mass is 32.2. The molecule has 2 heterocycles. The Bertz CT molecular complexity index is 626. The SMILES string of the molecule is Cc1sc(C(=O)O)cc1S(=O)(=O)NCC1CN(C)CCO1. The van der Waals surface area contributed by atoms with E-state index in [2.05, 4.69) is 9.62 Å². The standard InChI is InChI=1S/C12H18N2O5S2/c1-8-11(5-10(20-8)12(15)16)21(17,18)13-6-9-7-14(2)3-4-19-9/h5,9,13H,3-4,6-7H2,1-2H3,(H,15,16). The van der Waals surface area contributed by atoms with Gasteiger partial charge in [-0.1, -0.05) is 0 Å². The number of carboxylic acids is 1. The summed E-state index contributed by atoms with van der Waals surface area (Å²) in [7, 11) is -1.77. The maximum Gasteiger partial charge on any atom is 0.345 e. The minimum atomic E-state index is -3.72. The highest BCUT2D eigenvalue weighted by Gasteiger charge is 2.24. The third kappa shape index (κ3) is 4.01. The van der Waals surface area contributed by atoms with E-state index < -0.39 is 16.0 Å². The highest BCUT2D eigenvalue weighted by Crippen LogP contribution is 2.25. The fraction of sp³-hybridized carbons (Fsp3) is 0.583. The Labute approximate surface area is 127 Å². The number of nitrogens with one attached hydrogen (secondary N) is 1.